The van der Waals surface area contributed by atoms with Crippen molar-refractivity contribution in [1.29, 1.82) is 0 Å². The molecule has 0 saturated carbocycles. The van der Waals surface area contributed by atoms with Crippen molar-refractivity contribution in [3.05, 3.63) is 65.2 Å². The van der Waals surface area contributed by atoms with Crippen LogP contribution in [0.25, 0.3) is 0 Å². The average molecular weight is 458 g/mol. The summed E-state index contributed by atoms with van der Waals surface area (Å²) in [6.45, 7) is 8.11. The topological polar surface area (TPSA) is 71.0 Å². The number of nitrogens with zero attached hydrogens (tertiary/aromatic N) is 2. The highest BCUT2D eigenvalue weighted by Gasteiger charge is 2.38. The quantitative estimate of drug-likeness (QED) is 0.586. The molecule has 2 aromatic carbocycles. The molecule has 6 nitrogen and oxygen atoms in total. The summed E-state index contributed by atoms with van der Waals surface area (Å²) >= 11 is 7.31. The zero-order valence-corrected chi connectivity index (χ0v) is 19.2. The number of benzene rings is 2. The van der Waals surface area contributed by atoms with Crippen LogP contribution in [0.4, 0.5) is 11.4 Å². The van der Waals surface area contributed by atoms with Crippen molar-refractivity contribution < 1.29 is 14.3 Å². The Hall–Kier alpha value is -2.77. The van der Waals surface area contributed by atoms with E-state index >= 15 is 0 Å². The Labute approximate surface area is 191 Å². The van der Waals surface area contributed by atoms with Crippen LogP contribution < -0.4 is 10.1 Å². The van der Waals surface area contributed by atoms with Gasteiger partial charge in [-0.2, -0.15) is 0 Å². The minimum Gasteiger partial charge on any atom is -0.495 e. The Morgan fingerprint density at radius 1 is 1.29 bits per heavy atom. The number of thioether (sulfide) groups is 1. The van der Waals surface area contributed by atoms with Crippen LogP contribution in [0.3, 0.4) is 0 Å². The van der Waals surface area contributed by atoms with Gasteiger partial charge in [0, 0.05) is 18.0 Å². The fourth-order valence-electron chi connectivity index (χ4n) is 3.08. The van der Waals surface area contributed by atoms with E-state index in [0.29, 0.717) is 28.2 Å². The second-order valence-corrected chi connectivity index (χ2v) is 8.71. The van der Waals surface area contributed by atoms with E-state index in [1.807, 2.05) is 32.0 Å². The van der Waals surface area contributed by atoms with Gasteiger partial charge in [-0.05, 0) is 55.3 Å². The third-order valence-corrected chi connectivity index (χ3v) is 6.26. The molecule has 1 aliphatic rings. The van der Waals surface area contributed by atoms with Crippen LogP contribution in [0.15, 0.2) is 54.0 Å². The number of methoxy groups -OCH3 is 1. The van der Waals surface area contributed by atoms with Crippen molar-refractivity contribution >= 4 is 51.7 Å². The Balaban J connectivity index is 1.77. The van der Waals surface area contributed by atoms with E-state index < -0.39 is 5.25 Å². The highest BCUT2D eigenvalue weighted by Crippen LogP contribution is 2.33. The van der Waals surface area contributed by atoms with E-state index in [1.54, 1.807) is 29.2 Å². The fourth-order valence-corrected chi connectivity index (χ4v) is 4.41. The molecule has 31 heavy (non-hydrogen) atoms. The summed E-state index contributed by atoms with van der Waals surface area (Å²) in [6, 6.07) is 10.8. The molecule has 0 bridgehead atoms. The summed E-state index contributed by atoms with van der Waals surface area (Å²) in [5.74, 6) is 0.0199. The van der Waals surface area contributed by atoms with Gasteiger partial charge >= 0.3 is 0 Å². The number of amidine groups is 1. The lowest BCUT2D eigenvalue weighted by Gasteiger charge is -2.14. The summed E-state index contributed by atoms with van der Waals surface area (Å²) in [5.41, 5.74) is 3.52. The van der Waals surface area contributed by atoms with E-state index in [4.69, 9.17) is 16.3 Å². The molecule has 0 unspecified atom stereocenters. The maximum Gasteiger partial charge on any atom is 0.242 e. The molecule has 1 N–H and O–H groups in total. The molecule has 0 aliphatic carbocycles. The SMILES string of the molecule is C=CCN1C(=O)[C@H](CC(=O)Nc2cc(Cl)ccc2OC)SC1=Nc1ccc(C)c(C)c1. The van der Waals surface area contributed by atoms with E-state index in [1.165, 1.54) is 24.4 Å². The van der Waals surface area contributed by atoms with Crippen molar-refractivity contribution in [1.82, 2.24) is 4.90 Å². The number of ether oxygens (including phenoxy) is 1. The van der Waals surface area contributed by atoms with Gasteiger partial charge in [0.1, 0.15) is 11.0 Å². The minimum atomic E-state index is -0.574. The second-order valence-electron chi connectivity index (χ2n) is 7.10. The number of halogens is 1. The standard InChI is InChI=1S/C23H24ClN3O3S/c1-5-10-27-22(29)20(31-23(27)25-17-8-6-14(2)15(3)11-17)13-21(28)26-18-12-16(24)7-9-19(18)30-4/h5-9,11-12,20H,1,10,13H2,2-4H3,(H,26,28)/t20-/m0/s1. The van der Waals surface area contributed by atoms with Gasteiger partial charge in [-0.1, -0.05) is 35.5 Å². The molecule has 8 heteroatoms. The predicted octanol–water partition coefficient (Wildman–Crippen LogP) is 5.11. The van der Waals surface area contributed by atoms with Crippen molar-refractivity contribution in [2.45, 2.75) is 25.5 Å². The smallest absolute Gasteiger partial charge is 0.242 e. The minimum absolute atomic E-state index is 0.00123. The van der Waals surface area contributed by atoms with Crippen molar-refractivity contribution in [2.24, 2.45) is 4.99 Å². The third-order valence-electron chi connectivity index (χ3n) is 4.85. The lowest BCUT2D eigenvalue weighted by molar-refractivity contribution is -0.127. The summed E-state index contributed by atoms with van der Waals surface area (Å²) in [4.78, 5) is 31.8. The van der Waals surface area contributed by atoms with Crippen LogP contribution in [0.1, 0.15) is 17.5 Å². The van der Waals surface area contributed by atoms with Gasteiger partial charge in [-0.3, -0.25) is 14.5 Å². The van der Waals surface area contributed by atoms with Crippen LogP contribution in [-0.2, 0) is 9.59 Å². The Morgan fingerprint density at radius 2 is 2.06 bits per heavy atom. The number of hydrogen-bond donors (Lipinski definition) is 1. The molecule has 162 valence electrons. The van der Waals surface area contributed by atoms with E-state index in [9.17, 15) is 9.59 Å². The first kappa shape index (κ1) is 22.9. The summed E-state index contributed by atoms with van der Waals surface area (Å²) in [5, 5.41) is 3.24. The molecular weight excluding hydrogens is 434 g/mol. The predicted molar refractivity (Wildman–Crippen MR) is 128 cm³/mol. The summed E-state index contributed by atoms with van der Waals surface area (Å²) < 4.78 is 5.26. The van der Waals surface area contributed by atoms with Gasteiger partial charge in [0.15, 0.2) is 5.17 Å². The van der Waals surface area contributed by atoms with Gasteiger partial charge in [-0.15, -0.1) is 6.58 Å². The van der Waals surface area contributed by atoms with Gasteiger partial charge in [-0.25, -0.2) is 4.99 Å². The van der Waals surface area contributed by atoms with Crippen LogP contribution in [0.5, 0.6) is 5.75 Å². The number of aryl methyl sites for hydroxylation is 2. The molecule has 1 aliphatic heterocycles. The summed E-state index contributed by atoms with van der Waals surface area (Å²) in [7, 11) is 1.51. The first-order chi connectivity index (χ1) is 14.8. The molecule has 2 aromatic rings. The van der Waals surface area contributed by atoms with Gasteiger partial charge < -0.3 is 10.1 Å². The zero-order valence-electron chi connectivity index (χ0n) is 17.6. The third kappa shape index (κ3) is 5.48. The van der Waals surface area contributed by atoms with Gasteiger partial charge in [0.2, 0.25) is 11.8 Å². The van der Waals surface area contributed by atoms with Crippen LogP contribution in [-0.4, -0.2) is 40.8 Å². The largest absolute Gasteiger partial charge is 0.495 e. The van der Waals surface area contributed by atoms with Crippen molar-refractivity contribution in [2.75, 3.05) is 19.0 Å². The second kappa shape index (κ2) is 10.0. The van der Waals surface area contributed by atoms with Crippen LogP contribution in [0.2, 0.25) is 5.02 Å². The van der Waals surface area contributed by atoms with E-state index in [0.717, 1.165) is 11.3 Å². The monoisotopic (exact) mass is 457 g/mol. The molecule has 0 spiro atoms. The molecule has 2 amide bonds. The van der Waals surface area contributed by atoms with Crippen molar-refractivity contribution in [3.63, 3.8) is 0 Å². The van der Waals surface area contributed by atoms with E-state index in [2.05, 4.69) is 16.9 Å². The number of aliphatic imine (C=N–C) groups is 1. The first-order valence-electron chi connectivity index (χ1n) is 9.70. The lowest BCUT2D eigenvalue weighted by Crippen LogP contribution is -2.33. The number of carbonyl (C=O) groups is 2. The number of rotatable bonds is 7. The Kier molecular flexibility index (Phi) is 7.41. The molecule has 1 heterocycles. The molecule has 1 saturated heterocycles. The fraction of sp³-hybridized carbons (Fsp3) is 0.261. The number of amides is 2. The maximum atomic E-state index is 12.9. The molecular formula is C23H24ClN3O3S. The Morgan fingerprint density at radius 3 is 2.74 bits per heavy atom. The molecule has 3 rings (SSSR count). The number of hydrogen-bond acceptors (Lipinski definition) is 5. The van der Waals surface area contributed by atoms with Gasteiger partial charge in [0.05, 0.1) is 18.5 Å². The van der Waals surface area contributed by atoms with Crippen molar-refractivity contribution in [3.8, 4) is 5.75 Å². The van der Waals surface area contributed by atoms with Crippen LogP contribution in [0, 0.1) is 13.8 Å². The lowest BCUT2D eigenvalue weighted by atomic mass is 10.1. The molecule has 0 aromatic heterocycles. The number of anilines is 1. The zero-order chi connectivity index (χ0) is 22.5. The molecule has 0 radical (unpaired) electrons. The first-order valence-corrected chi connectivity index (χ1v) is 11.0. The Bertz CT molecular complexity index is 1050. The normalized spacial score (nSPS) is 17.2. The molecule has 1 atom stereocenters. The highest BCUT2D eigenvalue weighted by molar-refractivity contribution is 8.15. The van der Waals surface area contributed by atoms with E-state index in [-0.39, 0.29) is 18.2 Å². The average Bonchev–Trinajstić information content (AvgIpc) is 3.00. The maximum absolute atomic E-state index is 12.9. The van der Waals surface area contributed by atoms with Gasteiger partial charge in [0.25, 0.3) is 0 Å². The number of nitrogens with one attached hydrogen (secondary N) is 1. The summed E-state index contributed by atoms with van der Waals surface area (Å²) in [6.07, 6.45) is 1.65. The van der Waals surface area contributed by atoms with Crippen LogP contribution >= 0.6 is 23.4 Å². The number of carbonyl (C=O) groups excluding carboxylic acids is 2. The highest BCUT2D eigenvalue weighted by atomic mass is 35.5. The molecule has 1 fully saturated rings.